The predicted octanol–water partition coefficient (Wildman–Crippen LogP) is -0.000700. The Morgan fingerprint density at radius 1 is 1.62 bits per heavy atom. The van der Waals surface area contributed by atoms with E-state index in [9.17, 15) is 9.90 Å². The van der Waals surface area contributed by atoms with Crippen LogP contribution in [0.3, 0.4) is 0 Å². The molecule has 0 heterocycles. The monoisotopic (exact) mass is 188 g/mol. The summed E-state index contributed by atoms with van der Waals surface area (Å²) in [6.07, 6.45) is 0.00218. The third-order valence-electron chi connectivity index (χ3n) is 2.27. The molecule has 0 aromatic heterocycles. The quantitative estimate of drug-likeness (QED) is 0.581. The van der Waals surface area contributed by atoms with Gasteiger partial charge in [-0.25, -0.2) is 0 Å². The van der Waals surface area contributed by atoms with Crippen LogP contribution in [-0.2, 0) is 4.79 Å². The molecule has 4 N–H and O–H groups in total. The highest BCUT2D eigenvalue weighted by molar-refractivity contribution is 5.82. The van der Waals surface area contributed by atoms with Gasteiger partial charge in [-0.15, -0.1) is 0 Å². The van der Waals surface area contributed by atoms with Crippen LogP contribution < -0.4 is 11.1 Å². The summed E-state index contributed by atoms with van der Waals surface area (Å²) in [6.45, 7) is 7.01. The first kappa shape index (κ1) is 12.4. The third kappa shape index (κ3) is 3.74. The van der Waals surface area contributed by atoms with Gasteiger partial charge >= 0.3 is 0 Å². The average molecular weight is 188 g/mol. The van der Waals surface area contributed by atoms with E-state index >= 15 is 0 Å². The molecule has 0 rings (SSSR count). The maximum atomic E-state index is 11.3. The summed E-state index contributed by atoms with van der Waals surface area (Å²) >= 11 is 0. The number of carbonyl (C=O) groups is 1. The van der Waals surface area contributed by atoms with Gasteiger partial charge in [-0.3, -0.25) is 4.79 Å². The molecule has 1 unspecified atom stereocenters. The zero-order chi connectivity index (χ0) is 10.6. The van der Waals surface area contributed by atoms with E-state index in [0.717, 1.165) is 0 Å². The Hall–Kier alpha value is -0.610. The van der Waals surface area contributed by atoms with Crippen molar-refractivity contribution in [3.8, 4) is 0 Å². The number of nitrogens with one attached hydrogen (secondary N) is 1. The molecule has 0 aromatic carbocycles. The van der Waals surface area contributed by atoms with Crippen molar-refractivity contribution in [3.05, 3.63) is 0 Å². The van der Waals surface area contributed by atoms with Gasteiger partial charge < -0.3 is 16.2 Å². The van der Waals surface area contributed by atoms with E-state index in [1.54, 1.807) is 20.8 Å². The lowest BCUT2D eigenvalue weighted by atomic mass is 9.98. The molecule has 0 aliphatic heterocycles. The van der Waals surface area contributed by atoms with Crippen molar-refractivity contribution in [3.63, 3.8) is 0 Å². The number of nitrogens with two attached hydrogens (primary N) is 1. The Bertz CT molecular complexity index is 178. The van der Waals surface area contributed by atoms with Crippen LogP contribution in [0.2, 0.25) is 0 Å². The number of hydrogen-bond acceptors (Lipinski definition) is 3. The number of carbonyl (C=O) groups excluding carboxylic acids is 1. The standard InChI is InChI=1S/C9H20N2O2/c1-5-7(10)8(13)11-9(3,4)6(2)12/h6-7,12H,5,10H2,1-4H3,(H,11,13)/t6?,7-/m0/s1. The highest BCUT2D eigenvalue weighted by atomic mass is 16.3. The SMILES string of the molecule is CC[C@H](N)C(=O)NC(C)(C)C(C)O. The summed E-state index contributed by atoms with van der Waals surface area (Å²) in [5.41, 5.74) is 4.91. The molecule has 4 nitrogen and oxygen atoms in total. The molecule has 0 aliphatic carbocycles. The van der Waals surface area contributed by atoms with Gasteiger partial charge in [0.1, 0.15) is 0 Å². The van der Waals surface area contributed by atoms with Gasteiger partial charge in [-0.1, -0.05) is 6.92 Å². The van der Waals surface area contributed by atoms with Crippen LogP contribution in [0.1, 0.15) is 34.1 Å². The normalized spacial score (nSPS) is 16.5. The van der Waals surface area contributed by atoms with E-state index in [-0.39, 0.29) is 5.91 Å². The molecule has 0 fully saturated rings. The molecule has 4 heteroatoms. The molecule has 0 bridgehead atoms. The maximum Gasteiger partial charge on any atom is 0.237 e. The first-order chi connectivity index (χ1) is 5.81. The fourth-order valence-corrected chi connectivity index (χ4v) is 0.700. The molecule has 0 saturated heterocycles. The van der Waals surface area contributed by atoms with Gasteiger partial charge in [0.05, 0.1) is 17.7 Å². The molecule has 1 amide bonds. The maximum absolute atomic E-state index is 11.3. The van der Waals surface area contributed by atoms with Crippen molar-refractivity contribution in [2.45, 2.75) is 51.8 Å². The molecule has 13 heavy (non-hydrogen) atoms. The van der Waals surface area contributed by atoms with Crippen molar-refractivity contribution in [1.82, 2.24) is 5.32 Å². The molecule has 78 valence electrons. The second-order valence-electron chi connectivity index (χ2n) is 3.90. The smallest absolute Gasteiger partial charge is 0.237 e. The summed E-state index contributed by atoms with van der Waals surface area (Å²) in [6, 6.07) is -0.488. The molecule has 0 saturated carbocycles. The largest absolute Gasteiger partial charge is 0.391 e. The molecule has 0 spiro atoms. The second-order valence-corrected chi connectivity index (χ2v) is 3.90. The minimum absolute atomic E-state index is 0.214. The number of aliphatic hydroxyl groups is 1. The zero-order valence-electron chi connectivity index (χ0n) is 8.79. The van der Waals surface area contributed by atoms with Gasteiger partial charge in [-0.05, 0) is 27.2 Å². The van der Waals surface area contributed by atoms with E-state index in [2.05, 4.69) is 5.32 Å². The van der Waals surface area contributed by atoms with Crippen molar-refractivity contribution >= 4 is 5.91 Å². The average Bonchev–Trinajstić information content (AvgIpc) is 2.01. The summed E-state index contributed by atoms with van der Waals surface area (Å²) in [4.78, 5) is 11.3. The molecular weight excluding hydrogens is 168 g/mol. The van der Waals surface area contributed by atoms with E-state index in [1.807, 2.05) is 6.92 Å². The van der Waals surface area contributed by atoms with Crippen LogP contribution >= 0.6 is 0 Å². The molecule has 0 aromatic rings. The predicted molar refractivity (Wildman–Crippen MR) is 52.2 cm³/mol. The zero-order valence-corrected chi connectivity index (χ0v) is 8.79. The van der Waals surface area contributed by atoms with Crippen LogP contribution in [0.25, 0.3) is 0 Å². The topological polar surface area (TPSA) is 75.4 Å². The van der Waals surface area contributed by atoms with Crippen LogP contribution in [0.5, 0.6) is 0 Å². The fourth-order valence-electron chi connectivity index (χ4n) is 0.700. The Balaban J connectivity index is 4.19. The summed E-state index contributed by atoms with van der Waals surface area (Å²) in [5, 5.41) is 12.0. The minimum atomic E-state index is -0.621. The van der Waals surface area contributed by atoms with Crippen LogP contribution in [0.15, 0.2) is 0 Å². The number of rotatable bonds is 4. The fraction of sp³-hybridized carbons (Fsp3) is 0.889. The van der Waals surface area contributed by atoms with Gasteiger partial charge in [0.25, 0.3) is 0 Å². The van der Waals surface area contributed by atoms with Crippen LogP contribution in [-0.4, -0.2) is 28.7 Å². The molecular formula is C9H20N2O2. The Morgan fingerprint density at radius 3 is 2.38 bits per heavy atom. The molecule has 0 aliphatic rings. The van der Waals surface area contributed by atoms with Gasteiger partial charge in [0.2, 0.25) is 5.91 Å². The Kier molecular flexibility index (Phi) is 4.36. The van der Waals surface area contributed by atoms with E-state index in [1.165, 1.54) is 0 Å². The lowest BCUT2D eigenvalue weighted by molar-refractivity contribution is -0.125. The Morgan fingerprint density at radius 2 is 2.08 bits per heavy atom. The van der Waals surface area contributed by atoms with Gasteiger partial charge in [0, 0.05) is 0 Å². The number of aliphatic hydroxyl groups excluding tert-OH is 1. The van der Waals surface area contributed by atoms with E-state index in [0.29, 0.717) is 6.42 Å². The highest BCUT2D eigenvalue weighted by Crippen LogP contribution is 2.08. The lowest BCUT2D eigenvalue weighted by Gasteiger charge is -2.30. The van der Waals surface area contributed by atoms with Crippen LogP contribution in [0.4, 0.5) is 0 Å². The van der Waals surface area contributed by atoms with Crippen molar-refractivity contribution < 1.29 is 9.90 Å². The third-order valence-corrected chi connectivity index (χ3v) is 2.27. The summed E-state index contributed by atoms with van der Waals surface area (Å²) < 4.78 is 0. The summed E-state index contributed by atoms with van der Waals surface area (Å²) in [7, 11) is 0. The first-order valence-electron chi connectivity index (χ1n) is 4.57. The molecule has 2 atom stereocenters. The lowest BCUT2D eigenvalue weighted by Crippen LogP contribution is -2.55. The number of amides is 1. The summed E-state index contributed by atoms with van der Waals surface area (Å²) in [5.74, 6) is -0.214. The number of hydrogen-bond donors (Lipinski definition) is 3. The minimum Gasteiger partial charge on any atom is -0.391 e. The van der Waals surface area contributed by atoms with Crippen molar-refractivity contribution in [2.24, 2.45) is 5.73 Å². The Labute approximate surface area is 79.5 Å². The highest BCUT2D eigenvalue weighted by Gasteiger charge is 2.27. The van der Waals surface area contributed by atoms with E-state index in [4.69, 9.17) is 5.73 Å². The van der Waals surface area contributed by atoms with Crippen molar-refractivity contribution in [2.75, 3.05) is 0 Å². The second kappa shape index (κ2) is 4.58. The van der Waals surface area contributed by atoms with Crippen LogP contribution in [0, 0.1) is 0 Å². The van der Waals surface area contributed by atoms with Crippen molar-refractivity contribution in [1.29, 1.82) is 0 Å². The van der Waals surface area contributed by atoms with Gasteiger partial charge in [-0.2, -0.15) is 0 Å². The molecule has 0 radical (unpaired) electrons. The first-order valence-corrected chi connectivity index (χ1v) is 4.57. The van der Waals surface area contributed by atoms with Gasteiger partial charge in [0.15, 0.2) is 0 Å². The van der Waals surface area contributed by atoms with E-state index < -0.39 is 17.7 Å².